The average Bonchev–Trinajstić information content (AvgIpc) is 2.49. The van der Waals surface area contributed by atoms with Crippen LogP contribution in [0.5, 0.6) is 0 Å². The first-order valence-corrected chi connectivity index (χ1v) is 7.94. The lowest BCUT2D eigenvalue weighted by Crippen LogP contribution is -2.33. The van der Waals surface area contributed by atoms with Crippen molar-refractivity contribution in [3.05, 3.63) is 42.0 Å². The van der Waals surface area contributed by atoms with E-state index in [0.717, 1.165) is 18.4 Å². The number of carbonyl (C=O) groups excluding carboxylic acids is 1. The van der Waals surface area contributed by atoms with Crippen molar-refractivity contribution in [1.82, 2.24) is 0 Å². The quantitative estimate of drug-likeness (QED) is 0.732. The predicted molar refractivity (Wildman–Crippen MR) is 87.1 cm³/mol. The van der Waals surface area contributed by atoms with Crippen LogP contribution in [-0.2, 0) is 4.74 Å². The maximum atomic E-state index is 12.3. The molecule has 3 atom stereocenters. The summed E-state index contributed by atoms with van der Waals surface area (Å²) < 4.78 is 5.78. The molecule has 1 aromatic rings. The van der Waals surface area contributed by atoms with E-state index in [1.807, 2.05) is 24.3 Å². The Balaban J connectivity index is 2.01. The fourth-order valence-electron chi connectivity index (χ4n) is 3.04. The van der Waals surface area contributed by atoms with E-state index < -0.39 is 0 Å². The Kier molecular flexibility index (Phi) is 5.22. The van der Waals surface area contributed by atoms with Gasteiger partial charge in [0.05, 0.1) is 5.56 Å². The lowest BCUT2D eigenvalue weighted by Gasteiger charge is -2.35. The summed E-state index contributed by atoms with van der Waals surface area (Å²) in [5, 5.41) is 0. The largest absolute Gasteiger partial charge is 0.458 e. The van der Waals surface area contributed by atoms with Crippen molar-refractivity contribution in [2.75, 3.05) is 0 Å². The Morgan fingerprint density at radius 1 is 1.29 bits per heavy atom. The molecule has 2 nitrogen and oxygen atoms in total. The minimum absolute atomic E-state index is 0.0535. The second-order valence-electron chi connectivity index (χ2n) is 6.56. The van der Waals surface area contributed by atoms with E-state index >= 15 is 0 Å². The Morgan fingerprint density at radius 2 is 1.95 bits per heavy atom. The van der Waals surface area contributed by atoms with Crippen LogP contribution in [0.15, 0.2) is 30.8 Å². The molecule has 0 amide bonds. The van der Waals surface area contributed by atoms with Gasteiger partial charge in [-0.3, -0.25) is 0 Å². The number of benzene rings is 1. The Bertz CT molecular complexity index is 487. The van der Waals surface area contributed by atoms with Crippen LogP contribution in [0.2, 0.25) is 0 Å². The van der Waals surface area contributed by atoms with E-state index in [0.29, 0.717) is 23.3 Å². The number of carbonyl (C=O) groups is 1. The Hall–Kier alpha value is -1.57. The van der Waals surface area contributed by atoms with Gasteiger partial charge in [0.2, 0.25) is 0 Å². The summed E-state index contributed by atoms with van der Waals surface area (Å²) in [6, 6.07) is 7.41. The average molecular weight is 286 g/mol. The van der Waals surface area contributed by atoms with Gasteiger partial charge in [-0.25, -0.2) is 4.79 Å². The molecule has 0 aliphatic heterocycles. The summed E-state index contributed by atoms with van der Waals surface area (Å²) in [7, 11) is 0. The molecule has 2 heteroatoms. The lowest BCUT2D eigenvalue weighted by molar-refractivity contribution is -0.00950. The standard InChI is InChI=1S/C19H26O2/c1-5-15-7-10-16(11-8-15)19(20)21-18-12-17(13(2)3)9-6-14(18)4/h5,7-8,10-11,13-14,17-18H,1,6,9,12H2,2-4H3/t14-,17+,18+/m1/s1. The van der Waals surface area contributed by atoms with Crippen molar-refractivity contribution >= 4 is 12.0 Å². The van der Waals surface area contributed by atoms with Crippen LogP contribution in [0, 0.1) is 17.8 Å². The van der Waals surface area contributed by atoms with Crippen LogP contribution < -0.4 is 0 Å². The SMILES string of the molecule is C=Cc1ccc(C(=O)O[C@H]2C[C@@H](C(C)C)CC[C@H]2C)cc1. The summed E-state index contributed by atoms with van der Waals surface area (Å²) in [4.78, 5) is 12.3. The highest BCUT2D eigenvalue weighted by atomic mass is 16.5. The molecule has 0 bridgehead atoms. The van der Waals surface area contributed by atoms with Crippen molar-refractivity contribution in [2.45, 2.75) is 46.1 Å². The van der Waals surface area contributed by atoms with E-state index in [1.54, 1.807) is 6.08 Å². The molecule has 114 valence electrons. The summed E-state index contributed by atoms with van der Waals surface area (Å²) in [6.45, 7) is 10.4. The first-order chi connectivity index (χ1) is 10.0. The summed E-state index contributed by atoms with van der Waals surface area (Å²) in [5.74, 6) is 1.58. The zero-order chi connectivity index (χ0) is 15.4. The van der Waals surface area contributed by atoms with Gasteiger partial charge in [-0.1, -0.05) is 45.6 Å². The summed E-state index contributed by atoms with van der Waals surface area (Å²) >= 11 is 0. The third-order valence-electron chi connectivity index (χ3n) is 4.75. The molecule has 0 radical (unpaired) electrons. The maximum absolute atomic E-state index is 12.3. The van der Waals surface area contributed by atoms with E-state index in [9.17, 15) is 4.79 Å². The van der Waals surface area contributed by atoms with Gasteiger partial charge in [0.25, 0.3) is 0 Å². The van der Waals surface area contributed by atoms with Crippen molar-refractivity contribution < 1.29 is 9.53 Å². The highest BCUT2D eigenvalue weighted by Crippen LogP contribution is 2.35. The molecule has 0 N–H and O–H groups in total. The van der Waals surface area contributed by atoms with Crippen molar-refractivity contribution in [1.29, 1.82) is 0 Å². The molecule has 0 unspecified atom stereocenters. The van der Waals surface area contributed by atoms with Gasteiger partial charge in [-0.15, -0.1) is 0 Å². The highest BCUT2D eigenvalue weighted by Gasteiger charge is 2.31. The number of esters is 1. The molecule has 2 rings (SSSR count). The van der Waals surface area contributed by atoms with E-state index in [2.05, 4.69) is 27.4 Å². The predicted octanol–water partition coefficient (Wildman–Crippen LogP) is 4.95. The minimum atomic E-state index is -0.202. The number of rotatable bonds is 4. The summed E-state index contributed by atoms with van der Waals surface area (Å²) in [5.41, 5.74) is 1.64. The van der Waals surface area contributed by atoms with Crippen molar-refractivity contribution in [3.8, 4) is 0 Å². The first-order valence-electron chi connectivity index (χ1n) is 7.94. The van der Waals surface area contributed by atoms with Gasteiger partial charge in [0.15, 0.2) is 0 Å². The molecule has 0 heterocycles. The number of hydrogen-bond acceptors (Lipinski definition) is 2. The molecule has 1 aromatic carbocycles. The molecular formula is C19H26O2. The molecule has 1 saturated carbocycles. The molecule has 1 aliphatic carbocycles. The second-order valence-corrected chi connectivity index (χ2v) is 6.56. The van der Waals surface area contributed by atoms with Gasteiger partial charge in [0, 0.05) is 0 Å². The van der Waals surface area contributed by atoms with Crippen LogP contribution >= 0.6 is 0 Å². The Morgan fingerprint density at radius 3 is 2.52 bits per heavy atom. The monoisotopic (exact) mass is 286 g/mol. The molecule has 21 heavy (non-hydrogen) atoms. The smallest absolute Gasteiger partial charge is 0.338 e. The lowest BCUT2D eigenvalue weighted by atomic mass is 9.76. The first kappa shape index (κ1) is 15.8. The van der Waals surface area contributed by atoms with Gasteiger partial charge in [-0.05, 0) is 54.7 Å². The summed E-state index contributed by atoms with van der Waals surface area (Å²) in [6.07, 6.45) is 5.22. The van der Waals surface area contributed by atoms with Crippen LogP contribution in [0.1, 0.15) is 56.0 Å². The van der Waals surface area contributed by atoms with Crippen molar-refractivity contribution in [2.24, 2.45) is 17.8 Å². The third-order valence-corrected chi connectivity index (χ3v) is 4.75. The fourth-order valence-corrected chi connectivity index (χ4v) is 3.04. The Labute approximate surface area is 128 Å². The van der Waals surface area contributed by atoms with Crippen LogP contribution in [0.4, 0.5) is 0 Å². The zero-order valence-corrected chi connectivity index (χ0v) is 13.3. The minimum Gasteiger partial charge on any atom is -0.458 e. The zero-order valence-electron chi connectivity index (χ0n) is 13.3. The van der Waals surface area contributed by atoms with E-state index in [-0.39, 0.29) is 12.1 Å². The molecular weight excluding hydrogens is 260 g/mol. The van der Waals surface area contributed by atoms with Crippen LogP contribution in [0.3, 0.4) is 0 Å². The molecule has 1 fully saturated rings. The van der Waals surface area contributed by atoms with Crippen molar-refractivity contribution in [3.63, 3.8) is 0 Å². The normalized spacial score (nSPS) is 25.6. The van der Waals surface area contributed by atoms with E-state index in [4.69, 9.17) is 4.74 Å². The topological polar surface area (TPSA) is 26.3 Å². The van der Waals surface area contributed by atoms with Gasteiger partial charge < -0.3 is 4.74 Å². The van der Waals surface area contributed by atoms with Gasteiger partial charge in [0.1, 0.15) is 6.10 Å². The van der Waals surface area contributed by atoms with Gasteiger partial charge >= 0.3 is 5.97 Å². The third kappa shape index (κ3) is 3.96. The molecule has 0 aromatic heterocycles. The fraction of sp³-hybridized carbons (Fsp3) is 0.526. The maximum Gasteiger partial charge on any atom is 0.338 e. The molecule has 0 spiro atoms. The van der Waals surface area contributed by atoms with Crippen LogP contribution in [0.25, 0.3) is 6.08 Å². The second kappa shape index (κ2) is 6.93. The van der Waals surface area contributed by atoms with E-state index in [1.165, 1.54) is 6.42 Å². The highest BCUT2D eigenvalue weighted by molar-refractivity contribution is 5.89. The van der Waals surface area contributed by atoms with Gasteiger partial charge in [-0.2, -0.15) is 0 Å². The molecule has 0 saturated heterocycles. The van der Waals surface area contributed by atoms with Crippen LogP contribution in [-0.4, -0.2) is 12.1 Å². The molecule has 1 aliphatic rings. The number of ether oxygens (including phenoxy) is 1. The number of hydrogen-bond donors (Lipinski definition) is 0.